The van der Waals surface area contributed by atoms with Gasteiger partial charge in [-0.05, 0) is 70.3 Å². The molecule has 3 rings (SSSR count). The molecule has 22 heavy (non-hydrogen) atoms. The van der Waals surface area contributed by atoms with E-state index in [1.165, 1.54) is 0 Å². The highest BCUT2D eigenvalue weighted by Crippen LogP contribution is 2.31. The molecule has 0 amide bonds. The first-order valence-corrected chi connectivity index (χ1v) is 8.34. The van der Waals surface area contributed by atoms with Crippen LogP contribution in [0.3, 0.4) is 0 Å². The average molecular weight is 427 g/mol. The minimum Gasteiger partial charge on any atom is -0.461 e. The molecule has 0 aromatic carbocycles. The van der Waals surface area contributed by atoms with Gasteiger partial charge in [-0.1, -0.05) is 0 Å². The second-order valence-electron chi connectivity index (χ2n) is 4.94. The fourth-order valence-electron chi connectivity index (χ4n) is 2.45. The van der Waals surface area contributed by atoms with E-state index in [-0.39, 0.29) is 5.69 Å². The number of halogens is 2. The topological polar surface area (TPSA) is 56.5 Å². The first kappa shape index (κ1) is 15.4. The molecule has 0 saturated carbocycles. The SMILES string of the molecule is CCOC(=O)c1nc2c(Br)cc3c(C)cc(C)nc3n2c1Br. The van der Waals surface area contributed by atoms with Gasteiger partial charge in [0.15, 0.2) is 11.3 Å². The zero-order valence-electron chi connectivity index (χ0n) is 12.3. The maximum absolute atomic E-state index is 12.1. The van der Waals surface area contributed by atoms with Gasteiger partial charge in [0.25, 0.3) is 0 Å². The van der Waals surface area contributed by atoms with Crippen LogP contribution in [0.1, 0.15) is 28.7 Å². The van der Waals surface area contributed by atoms with Gasteiger partial charge in [-0.2, -0.15) is 0 Å². The maximum Gasteiger partial charge on any atom is 0.359 e. The van der Waals surface area contributed by atoms with E-state index in [4.69, 9.17) is 4.74 Å². The fraction of sp³-hybridized carbons (Fsp3) is 0.267. The summed E-state index contributed by atoms with van der Waals surface area (Å²) in [5, 5.41) is 0.999. The maximum atomic E-state index is 12.1. The van der Waals surface area contributed by atoms with Crippen molar-refractivity contribution >= 4 is 54.5 Å². The number of hydrogen-bond donors (Lipinski definition) is 0. The number of pyridine rings is 2. The minimum atomic E-state index is -0.456. The van der Waals surface area contributed by atoms with E-state index in [0.717, 1.165) is 26.8 Å². The Bertz CT molecular complexity index is 918. The lowest BCUT2D eigenvalue weighted by atomic mass is 10.1. The predicted molar refractivity (Wildman–Crippen MR) is 91.3 cm³/mol. The van der Waals surface area contributed by atoms with Gasteiger partial charge >= 0.3 is 5.97 Å². The van der Waals surface area contributed by atoms with Gasteiger partial charge in [-0.15, -0.1) is 0 Å². The largest absolute Gasteiger partial charge is 0.461 e. The van der Waals surface area contributed by atoms with Gasteiger partial charge in [-0.25, -0.2) is 14.8 Å². The molecule has 3 heterocycles. The lowest BCUT2D eigenvalue weighted by Crippen LogP contribution is -2.05. The molecular formula is C15H13Br2N3O2. The lowest BCUT2D eigenvalue weighted by molar-refractivity contribution is 0.0519. The van der Waals surface area contributed by atoms with Crippen LogP contribution < -0.4 is 0 Å². The quantitative estimate of drug-likeness (QED) is 0.576. The van der Waals surface area contributed by atoms with Gasteiger partial charge in [-0.3, -0.25) is 4.40 Å². The van der Waals surface area contributed by atoms with Crippen molar-refractivity contribution in [3.63, 3.8) is 0 Å². The molecule has 0 saturated heterocycles. The summed E-state index contributed by atoms with van der Waals surface area (Å²) in [5.41, 5.74) is 3.65. The molecule has 3 aromatic rings. The van der Waals surface area contributed by atoms with Crippen LogP contribution in [0.2, 0.25) is 0 Å². The molecule has 5 nitrogen and oxygen atoms in total. The van der Waals surface area contributed by atoms with E-state index in [0.29, 0.717) is 16.9 Å². The first-order chi connectivity index (χ1) is 10.4. The van der Waals surface area contributed by atoms with Gasteiger partial charge < -0.3 is 4.74 Å². The van der Waals surface area contributed by atoms with E-state index in [9.17, 15) is 4.79 Å². The van der Waals surface area contributed by atoms with E-state index in [1.54, 1.807) is 6.92 Å². The van der Waals surface area contributed by atoms with Crippen LogP contribution >= 0.6 is 31.9 Å². The Morgan fingerprint density at radius 3 is 2.64 bits per heavy atom. The van der Waals surface area contributed by atoms with E-state index < -0.39 is 5.97 Å². The van der Waals surface area contributed by atoms with Crippen LogP contribution in [0, 0.1) is 13.8 Å². The minimum absolute atomic E-state index is 0.246. The highest BCUT2D eigenvalue weighted by atomic mass is 79.9. The summed E-state index contributed by atoms with van der Waals surface area (Å²) in [6, 6.07) is 4.00. The average Bonchev–Trinajstić information content (AvgIpc) is 2.80. The number of carbonyl (C=O) groups is 1. The molecule has 0 radical (unpaired) electrons. The first-order valence-electron chi connectivity index (χ1n) is 6.75. The predicted octanol–water partition coefficient (Wildman–Crippen LogP) is 4.20. The molecule has 0 spiro atoms. The molecule has 114 valence electrons. The fourth-order valence-corrected chi connectivity index (χ4v) is 3.53. The van der Waals surface area contributed by atoms with Crippen LogP contribution in [0.15, 0.2) is 21.2 Å². The number of esters is 1. The van der Waals surface area contributed by atoms with Crippen LogP contribution in [-0.2, 0) is 4.74 Å². The van der Waals surface area contributed by atoms with Gasteiger partial charge in [0.1, 0.15) is 10.3 Å². The summed E-state index contributed by atoms with van der Waals surface area (Å²) in [7, 11) is 0. The smallest absolute Gasteiger partial charge is 0.359 e. The van der Waals surface area contributed by atoms with Crippen molar-refractivity contribution in [3.05, 3.63) is 38.2 Å². The number of hydrogen-bond acceptors (Lipinski definition) is 4. The monoisotopic (exact) mass is 425 g/mol. The number of carbonyl (C=O) groups excluding carboxylic acids is 1. The number of aromatic nitrogens is 3. The molecule has 3 aromatic heterocycles. The Morgan fingerprint density at radius 1 is 1.23 bits per heavy atom. The molecule has 0 fully saturated rings. The Balaban J connectivity index is 2.44. The van der Waals surface area contributed by atoms with Crippen LogP contribution in [-0.4, -0.2) is 26.9 Å². The second kappa shape index (κ2) is 5.62. The second-order valence-corrected chi connectivity index (χ2v) is 6.55. The van der Waals surface area contributed by atoms with E-state index in [1.807, 2.05) is 30.4 Å². The van der Waals surface area contributed by atoms with Crippen molar-refractivity contribution in [2.75, 3.05) is 6.61 Å². The summed E-state index contributed by atoms with van der Waals surface area (Å²) in [4.78, 5) is 21.1. The summed E-state index contributed by atoms with van der Waals surface area (Å²) < 4.78 is 8.22. The van der Waals surface area contributed by atoms with Crippen LogP contribution in [0.4, 0.5) is 0 Å². The van der Waals surface area contributed by atoms with Crippen molar-refractivity contribution in [2.24, 2.45) is 0 Å². The Kier molecular flexibility index (Phi) is 3.94. The Morgan fingerprint density at radius 2 is 1.95 bits per heavy atom. The lowest BCUT2D eigenvalue weighted by Gasteiger charge is -2.08. The third kappa shape index (κ3) is 2.32. The van der Waals surface area contributed by atoms with Crippen LogP contribution in [0.25, 0.3) is 16.7 Å². The summed E-state index contributed by atoms with van der Waals surface area (Å²) in [6.07, 6.45) is 0. The number of ether oxygens (including phenoxy) is 1. The molecule has 0 atom stereocenters. The summed E-state index contributed by atoms with van der Waals surface area (Å²) >= 11 is 6.99. The van der Waals surface area contributed by atoms with E-state index >= 15 is 0 Å². The van der Waals surface area contributed by atoms with E-state index in [2.05, 4.69) is 41.8 Å². The molecule has 0 aliphatic rings. The molecule has 0 bridgehead atoms. The number of nitrogens with zero attached hydrogens (tertiary/aromatic N) is 3. The molecular weight excluding hydrogens is 414 g/mol. The number of rotatable bonds is 2. The standard InChI is InChI=1S/C15H13Br2N3O2/c1-4-22-15(21)11-12(17)20-13-9(6-10(16)14(20)19-11)7(2)5-8(3)18-13/h5-6H,4H2,1-3H3. The molecule has 0 aliphatic carbocycles. The van der Waals surface area contributed by atoms with Crippen molar-refractivity contribution in [3.8, 4) is 0 Å². The zero-order chi connectivity index (χ0) is 16.0. The highest BCUT2D eigenvalue weighted by molar-refractivity contribution is 9.11. The third-order valence-electron chi connectivity index (χ3n) is 3.36. The number of imidazole rings is 1. The summed E-state index contributed by atoms with van der Waals surface area (Å²) in [5.74, 6) is -0.456. The van der Waals surface area contributed by atoms with Crippen molar-refractivity contribution < 1.29 is 9.53 Å². The van der Waals surface area contributed by atoms with Crippen molar-refractivity contribution in [2.45, 2.75) is 20.8 Å². The highest BCUT2D eigenvalue weighted by Gasteiger charge is 2.22. The normalized spacial score (nSPS) is 11.3. The van der Waals surface area contributed by atoms with Gasteiger partial charge in [0, 0.05) is 11.1 Å². The third-order valence-corrected chi connectivity index (χ3v) is 4.67. The molecule has 7 heteroatoms. The molecule has 0 aliphatic heterocycles. The van der Waals surface area contributed by atoms with Crippen molar-refractivity contribution in [1.29, 1.82) is 0 Å². The molecule has 0 N–H and O–H groups in total. The Hall–Kier alpha value is -1.47. The zero-order valence-corrected chi connectivity index (χ0v) is 15.4. The molecule has 0 unspecified atom stereocenters. The van der Waals surface area contributed by atoms with Gasteiger partial charge in [0.2, 0.25) is 0 Å². The number of fused-ring (bicyclic) bond motifs is 3. The summed E-state index contributed by atoms with van der Waals surface area (Å²) in [6.45, 7) is 6.04. The van der Waals surface area contributed by atoms with Crippen molar-refractivity contribution in [1.82, 2.24) is 14.4 Å². The van der Waals surface area contributed by atoms with Gasteiger partial charge in [0.05, 0.1) is 11.1 Å². The Labute approximate surface area is 144 Å². The number of aryl methyl sites for hydroxylation is 2. The van der Waals surface area contributed by atoms with Crippen LogP contribution in [0.5, 0.6) is 0 Å².